The highest BCUT2D eigenvalue weighted by Crippen LogP contribution is 2.29. The van der Waals surface area contributed by atoms with Crippen molar-refractivity contribution in [1.29, 1.82) is 0 Å². The van der Waals surface area contributed by atoms with Crippen LogP contribution in [0.5, 0.6) is 0 Å². The third kappa shape index (κ3) is 3.34. The minimum atomic E-state index is 0.816. The van der Waals surface area contributed by atoms with Crippen molar-refractivity contribution in [3.8, 4) is 10.7 Å². The van der Waals surface area contributed by atoms with Crippen LogP contribution in [0.2, 0.25) is 0 Å². The molecule has 0 aliphatic heterocycles. The zero-order valence-corrected chi connectivity index (χ0v) is 13.9. The summed E-state index contributed by atoms with van der Waals surface area (Å²) in [6.07, 6.45) is 2.01. The molecule has 0 atom stereocenters. The van der Waals surface area contributed by atoms with Crippen LogP contribution in [0.1, 0.15) is 31.5 Å². The standard InChI is InChI=1S/C14H18BrN3S/c1-4-6-16-13-9(3)11(5-2)17-14(18-13)12-7-10(15)8-19-12/h7-8H,4-6H2,1-3H3,(H,16,17,18). The van der Waals surface area contributed by atoms with Crippen LogP contribution in [-0.4, -0.2) is 16.5 Å². The van der Waals surface area contributed by atoms with E-state index in [9.17, 15) is 0 Å². The number of anilines is 1. The third-order valence-electron chi connectivity index (χ3n) is 2.91. The second-order valence-electron chi connectivity index (χ2n) is 4.38. The van der Waals surface area contributed by atoms with Crippen LogP contribution < -0.4 is 5.32 Å². The number of nitrogens with one attached hydrogen (secondary N) is 1. The van der Waals surface area contributed by atoms with Gasteiger partial charge in [-0.05, 0) is 41.8 Å². The summed E-state index contributed by atoms with van der Waals surface area (Å²) in [5, 5.41) is 5.45. The number of halogens is 1. The largest absolute Gasteiger partial charge is 0.370 e. The summed E-state index contributed by atoms with van der Waals surface area (Å²) < 4.78 is 1.08. The van der Waals surface area contributed by atoms with Gasteiger partial charge in [-0.15, -0.1) is 11.3 Å². The SMILES string of the molecule is CCCNc1nc(-c2cc(Br)cs2)nc(CC)c1C. The highest BCUT2D eigenvalue weighted by molar-refractivity contribution is 9.10. The normalized spacial score (nSPS) is 10.7. The molecule has 2 aromatic heterocycles. The van der Waals surface area contributed by atoms with Crippen molar-refractivity contribution in [3.63, 3.8) is 0 Å². The zero-order valence-electron chi connectivity index (χ0n) is 11.5. The number of hydrogen-bond donors (Lipinski definition) is 1. The molecule has 2 heterocycles. The Balaban J connectivity index is 2.44. The van der Waals surface area contributed by atoms with E-state index in [-0.39, 0.29) is 0 Å². The molecule has 3 nitrogen and oxygen atoms in total. The van der Waals surface area contributed by atoms with Gasteiger partial charge in [-0.25, -0.2) is 9.97 Å². The first kappa shape index (κ1) is 14.5. The number of aryl methyl sites for hydroxylation is 1. The number of nitrogens with zero attached hydrogens (tertiary/aromatic N) is 2. The summed E-state index contributed by atoms with van der Waals surface area (Å²) in [5.74, 6) is 1.78. The predicted octanol–water partition coefficient (Wildman–Crippen LogP) is 4.66. The van der Waals surface area contributed by atoms with E-state index in [0.29, 0.717) is 0 Å². The Morgan fingerprint density at radius 1 is 1.32 bits per heavy atom. The van der Waals surface area contributed by atoms with Gasteiger partial charge in [-0.2, -0.15) is 0 Å². The number of rotatable bonds is 5. The summed E-state index contributed by atoms with van der Waals surface area (Å²) >= 11 is 5.14. The molecule has 2 aromatic rings. The second-order valence-corrected chi connectivity index (χ2v) is 6.20. The molecule has 0 unspecified atom stereocenters. The molecule has 0 amide bonds. The minimum absolute atomic E-state index is 0.816. The van der Waals surface area contributed by atoms with Crippen molar-refractivity contribution in [2.75, 3.05) is 11.9 Å². The second kappa shape index (κ2) is 6.48. The maximum absolute atomic E-state index is 4.68. The Morgan fingerprint density at radius 3 is 2.68 bits per heavy atom. The Kier molecular flexibility index (Phi) is 4.93. The van der Waals surface area contributed by atoms with Gasteiger partial charge >= 0.3 is 0 Å². The molecule has 1 N–H and O–H groups in total. The molecule has 0 bridgehead atoms. The fraction of sp³-hybridized carbons (Fsp3) is 0.429. The number of hydrogen-bond acceptors (Lipinski definition) is 4. The van der Waals surface area contributed by atoms with Gasteiger partial charge in [0.2, 0.25) is 0 Å². The molecule has 0 aromatic carbocycles. The van der Waals surface area contributed by atoms with Gasteiger partial charge in [-0.1, -0.05) is 13.8 Å². The van der Waals surface area contributed by atoms with Gasteiger partial charge in [0.05, 0.1) is 4.88 Å². The molecule has 5 heteroatoms. The number of thiophene rings is 1. The number of aromatic nitrogens is 2. The van der Waals surface area contributed by atoms with Crippen LogP contribution in [0.4, 0.5) is 5.82 Å². The molecule has 0 spiro atoms. The smallest absolute Gasteiger partial charge is 0.171 e. The minimum Gasteiger partial charge on any atom is -0.370 e. The van der Waals surface area contributed by atoms with E-state index in [0.717, 1.165) is 51.6 Å². The summed E-state index contributed by atoms with van der Waals surface area (Å²) in [7, 11) is 0. The predicted molar refractivity (Wildman–Crippen MR) is 85.9 cm³/mol. The van der Waals surface area contributed by atoms with E-state index in [1.165, 1.54) is 0 Å². The van der Waals surface area contributed by atoms with Crippen molar-refractivity contribution in [2.24, 2.45) is 0 Å². The van der Waals surface area contributed by atoms with Crippen molar-refractivity contribution < 1.29 is 0 Å². The molecular formula is C14H18BrN3S. The van der Waals surface area contributed by atoms with Gasteiger partial charge in [0.25, 0.3) is 0 Å². The topological polar surface area (TPSA) is 37.8 Å². The molecule has 0 saturated carbocycles. The third-order valence-corrected chi connectivity index (χ3v) is 4.60. The summed E-state index contributed by atoms with van der Waals surface area (Å²) in [5.41, 5.74) is 2.28. The molecular weight excluding hydrogens is 322 g/mol. The first-order chi connectivity index (χ1) is 9.15. The quantitative estimate of drug-likeness (QED) is 0.860. The average molecular weight is 340 g/mol. The highest BCUT2D eigenvalue weighted by Gasteiger charge is 2.12. The van der Waals surface area contributed by atoms with Gasteiger partial charge in [0.1, 0.15) is 5.82 Å². The maximum Gasteiger partial charge on any atom is 0.171 e. The van der Waals surface area contributed by atoms with Gasteiger partial charge in [0, 0.05) is 27.7 Å². The van der Waals surface area contributed by atoms with E-state index >= 15 is 0 Å². The lowest BCUT2D eigenvalue weighted by Crippen LogP contribution is -2.08. The molecule has 0 aliphatic rings. The molecule has 19 heavy (non-hydrogen) atoms. The lowest BCUT2D eigenvalue weighted by atomic mass is 10.2. The highest BCUT2D eigenvalue weighted by atomic mass is 79.9. The fourth-order valence-electron chi connectivity index (χ4n) is 1.86. The molecule has 0 fully saturated rings. The molecule has 0 saturated heterocycles. The molecule has 102 valence electrons. The van der Waals surface area contributed by atoms with Crippen LogP contribution in [-0.2, 0) is 6.42 Å². The van der Waals surface area contributed by atoms with Crippen LogP contribution in [0.25, 0.3) is 10.7 Å². The zero-order chi connectivity index (χ0) is 13.8. The lowest BCUT2D eigenvalue weighted by Gasteiger charge is -2.12. The first-order valence-corrected chi connectivity index (χ1v) is 8.18. The molecule has 2 rings (SSSR count). The Hall–Kier alpha value is -0.940. The van der Waals surface area contributed by atoms with Crippen molar-refractivity contribution in [2.45, 2.75) is 33.6 Å². The van der Waals surface area contributed by atoms with Crippen molar-refractivity contribution in [3.05, 3.63) is 27.2 Å². The Labute approximate surface area is 126 Å². The molecule has 0 aliphatic carbocycles. The fourth-order valence-corrected chi connectivity index (χ4v) is 3.22. The summed E-state index contributed by atoms with van der Waals surface area (Å²) in [6, 6.07) is 2.07. The van der Waals surface area contributed by atoms with Crippen molar-refractivity contribution >= 4 is 33.1 Å². The summed E-state index contributed by atoms with van der Waals surface area (Å²) in [4.78, 5) is 10.4. The van der Waals surface area contributed by atoms with Gasteiger partial charge in [0.15, 0.2) is 5.82 Å². The van der Waals surface area contributed by atoms with Crippen molar-refractivity contribution in [1.82, 2.24) is 9.97 Å². The van der Waals surface area contributed by atoms with E-state index in [1.807, 2.05) is 0 Å². The lowest BCUT2D eigenvalue weighted by molar-refractivity contribution is 0.937. The molecule has 0 radical (unpaired) electrons. The Bertz CT molecular complexity index is 566. The maximum atomic E-state index is 4.68. The van der Waals surface area contributed by atoms with Gasteiger partial charge < -0.3 is 5.32 Å². The average Bonchev–Trinajstić information content (AvgIpc) is 2.84. The van der Waals surface area contributed by atoms with Gasteiger partial charge in [-0.3, -0.25) is 0 Å². The van der Waals surface area contributed by atoms with E-state index in [2.05, 4.69) is 63.4 Å². The van der Waals surface area contributed by atoms with Crippen LogP contribution in [0.15, 0.2) is 15.9 Å². The van der Waals surface area contributed by atoms with E-state index < -0.39 is 0 Å². The van der Waals surface area contributed by atoms with E-state index in [4.69, 9.17) is 0 Å². The van der Waals surface area contributed by atoms with Crippen LogP contribution in [0.3, 0.4) is 0 Å². The van der Waals surface area contributed by atoms with E-state index in [1.54, 1.807) is 11.3 Å². The van der Waals surface area contributed by atoms with Crippen LogP contribution in [0, 0.1) is 6.92 Å². The first-order valence-electron chi connectivity index (χ1n) is 6.51. The summed E-state index contributed by atoms with van der Waals surface area (Å²) in [6.45, 7) is 7.31. The Morgan fingerprint density at radius 2 is 2.11 bits per heavy atom. The van der Waals surface area contributed by atoms with Crippen LogP contribution >= 0.6 is 27.3 Å². The monoisotopic (exact) mass is 339 g/mol.